The minimum atomic E-state index is -3.12. The number of rotatable bonds is 2. The summed E-state index contributed by atoms with van der Waals surface area (Å²) in [6.07, 6.45) is 0.281. The van der Waals surface area contributed by atoms with Crippen molar-refractivity contribution in [3.8, 4) is 5.75 Å². The molecule has 98 valence electrons. The summed E-state index contributed by atoms with van der Waals surface area (Å²) >= 11 is 11.7. The molecule has 1 aliphatic rings. The van der Waals surface area contributed by atoms with Gasteiger partial charge in [-0.05, 0) is 18.6 Å². The van der Waals surface area contributed by atoms with Gasteiger partial charge in [-0.3, -0.25) is 4.79 Å². The van der Waals surface area contributed by atoms with Gasteiger partial charge in [-0.2, -0.15) is 0 Å². The third-order valence-electron chi connectivity index (χ3n) is 2.69. The van der Waals surface area contributed by atoms with Crippen molar-refractivity contribution in [3.63, 3.8) is 0 Å². The molecule has 0 aromatic heterocycles. The average molecular weight is 309 g/mol. The summed E-state index contributed by atoms with van der Waals surface area (Å²) in [4.78, 5) is 11.8. The highest BCUT2D eigenvalue weighted by molar-refractivity contribution is 7.91. The van der Waals surface area contributed by atoms with E-state index in [9.17, 15) is 13.2 Å². The fourth-order valence-corrected chi connectivity index (χ4v) is 3.95. The van der Waals surface area contributed by atoms with Crippen molar-refractivity contribution in [2.45, 2.75) is 6.42 Å². The largest absolute Gasteiger partial charge is 0.423 e. The molecule has 0 aliphatic carbocycles. The van der Waals surface area contributed by atoms with Crippen LogP contribution < -0.4 is 4.74 Å². The van der Waals surface area contributed by atoms with Gasteiger partial charge in [0.2, 0.25) is 0 Å². The Morgan fingerprint density at radius 1 is 1.28 bits per heavy atom. The van der Waals surface area contributed by atoms with Crippen molar-refractivity contribution in [3.05, 3.63) is 28.2 Å². The lowest BCUT2D eigenvalue weighted by atomic mass is 10.1. The Kier molecular flexibility index (Phi) is 3.84. The van der Waals surface area contributed by atoms with E-state index in [1.807, 2.05) is 0 Å². The highest BCUT2D eigenvalue weighted by Gasteiger charge is 2.34. The van der Waals surface area contributed by atoms with Crippen LogP contribution in [0.2, 0.25) is 10.0 Å². The Labute approximate surface area is 115 Å². The van der Waals surface area contributed by atoms with Crippen LogP contribution in [0.15, 0.2) is 18.2 Å². The lowest BCUT2D eigenvalue weighted by Gasteiger charge is -2.10. The third kappa shape index (κ3) is 2.96. The van der Waals surface area contributed by atoms with Gasteiger partial charge in [0.05, 0.1) is 27.5 Å². The van der Waals surface area contributed by atoms with Gasteiger partial charge in [-0.25, -0.2) is 8.42 Å². The van der Waals surface area contributed by atoms with Gasteiger partial charge in [-0.1, -0.05) is 29.3 Å². The number of esters is 1. The van der Waals surface area contributed by atoms with Gasteiger partial charge in [0, 0.05) is 0 Å². The number of ether oxygens (including phenoxy) is 1. The van der Waals surface area contributed by atoms with Crippen LogP contribution >= 0.6 is 23.2 Å². The van der Waals surface area contributed by atoms with Crippen molar-refractivity contribution in [1.29, 1.82) is 0 Å². The Bertz CT molecular complexity index is 562. The lowest BCUT2D eigenvalue weighted by molar-refractivity contribution is -0.138. The van der Waals surface area contributed by atoms with E-state index in [1.54, 1.807) is 18.2 Å². The molecule has 0 amide bonds. The van der Waals surface area contributed by atoms with E-state index in [1.165, 1.54) is 0 Å². The molecule has 0 bridgehead atoms. The third-order valence-corrected chi connectivity index (χ3v) is 5.05. The van der Waals surface area contributed by atoms with Gasteiger partial charge in [0.1, 0.15) is 0 Å². The molecule has 1 aromatic carbocycles. The lowest BCUT2D eigenvalue weighted by Crippen LogP contribution is -2.21. The molecule has 7 heteroatoms. The quantitative estimate of drug-likeness (QED) is 0.621. The van der Waals surface area contributed by atoms with Crippen LogP contribution in [-0.4, -0.2) is 25.9 Å². The van der Waals surface area contributed by atoms with Crippen molar-refractivity contribution in [1.82, 2.24) is 0 Å². The average Bonchev–Trinajstić information content (AvgIpc) is 2.64. The van der Waals surface area contributed by atoms with Gasteiger partial charge in [0.15, 0.2) is 15.6 Å². The van der Waals surface area contributed by atoms with Gasteiger partial charge >= 0.3 is 5.97 Å². The van der Waals surface area contributed by atoms with Crippen molar-refractivity contribution >= 4 is 39.0 Å². The minimum absolute atomic E-state index is 0.0169. The Morgan fingerprint density at radius 2 is 1.89 bits per heavy atom. The first-order valence-corrected chi connectivity index (χ1v) is 7.83. The SMILES string of the molecule is O=C(Oc1c(Cl)cccc1Cl)C1CCS(=O)(=O)C1. The summed E-state index contributed by atoms with van der Waals surface area (Å²) in [7, 11) is -3.12. The highest BCUT2D eigenvalue weighted by Crippen LogP contribution is 2.33. The molecular formula is C11H10Cl2O4S. The summed E-state index contributed by atoms with van der Waals surface area (Å²) in [6, 6.07) is 4.71. The Morgan fingerprint density at radius 3 is 2.39 bits per heavy atom. The monoisotopic (exact) mass is 308 g/mol. The van der Waals surface area contributed by atoms with E-state index in [0.29, 0.717) is 0 Å². The fraction of sp³-hybridized carbons (Fsp3) is 0.364. The molecular weight excluding hydrogens is 299 g/mol. The molecule has 0 saturated carbocycles. The maximum Gasteiger partial charge on any atom is 0.315 e. The van der Waals surface area contributed by atoms with Crippen LogP contribution in [0.3, 0.4) is 0 Å². The number of carbonyl (C=O) groups is 1. The van der Waals surface area contributed by atoms with Crippen LogP contribution in [0.4, 0.5) is 0 Å². The molecule has 0 radical (unpaired) electrons. The maximum absolute atomic E-state index is 11.8. The van der Waals surface area contributed by atoms with E-state index in [-0.39, 0.29) is 33.7 Å². The summed E-state index contributed by atoms with van der Waals surface area (Å²) in [6.45, 7) is 0. The zero-order chi connectivity index (χ0) is 13.3. The highest BCUT2D eigenvalue weighted by atomic mass is 35.5. The second-order valence-electron chi connectivity index (χ2n) is 4.07. The molecule has 1 aliphatic heterocycles. The molecule has 1 heterocycles. The zero-order valence-electron chi connectivity index (χ0n) is 9.23. The second-order valence-corrected chi connectivity index (χ2v) is 7.11. The van der Waals surface area contributed by atoms with Crippen LogP contribution in [0.1, 0.15) is 6.42 Å². The molecule has 1 unspecified atom stereocenters. The van der Waals surface area contributed by atoms with Gasteiger partial charge in [-0.15, -0.1) is 0 Å². The van der Waals surface area contributed by atoms with E-state index in [4.69, 9.17) is 27.9 Å². The van der Waals surface area contributed by atoms with Gasteiger partial charge < -0.3 is 4.74 Å². The van der Waals surface area contributed by atoms with E-state index in [0.717, 1.165) is 0 Å². The molecule has 2 rings (SSSR count). The number of hydrogen-bond donors (Lipinski definition) is 0. The number of halogens is 2. The van der Waals surface area contributed by atoms with Crippen LogP contribution in [-0.2, 0) is 14.6 Å². The molecule has 1 aromatic rings. The molecule has 1 fully saturated rings. The normalized spacial score (nSPS) is 21.8. The predicted octanol–water partition coefficient (Wildman–Crippen LogP) is 2.33. The molecule has 1 saturated heterocycles. The first kappa shape index (κ1) is 13.6. The second kappa shape index (κ2) is 5.07. The summed E-state index contributed by atoms with van der Waals surface area (Å²) < 4.78 is 27.6. The van der Waals surface area contributed by atoms with Crippen molar-refractivity contribution in [2.75, 3.05) is 11.5 Å². The standard InChI is InChI=1S/C11H10Cl2O4S/c12-8-2-1-3-9(13)10(8)17-11(14)7-4-5-18(15,16)6-7/h1-3,7H,4-6H2. The van der Waals surface area contributed by atoms with E-state index >= 15 is 0 Å². The van der Waals surface area contributed by atoms with E-state index < -0.39 is 21.7 Å². The minimum Gasteiger partial charge on any atom is -0.423 e. The summed E-state index contributed by atoms with van der Waals surface area (Å²) in [5.41, 5.74) is 0. The fourth-order valence-electron chi connectivity index (χ4n) is 1.74. The first-order chi connectivity index (χ1) is 8.39. The number of carbonyl (C=O) groups excluding carboxylic acids is 1. The number of benzene rings is 1. The van der Waals surface area contributed by atoms with Crippen LogP contribution in [0.5, 0.6) is 5.75 Å². The zero-order valence-corrected chi connectivity index (χ0v) is 11.6. The van der Waals surface area contributed by atoms with Crippen LogP contribution in [0, 0.1) is 5.92 Å². The molecule has 0 N–H and O–H groups in total. The maximum atomic E-state index is 11.8. The Hall–Kier alpha value is -0.780. The predicted molar refractivity (Wildman–Crippen MR) is 68.9 cm³/mol. The Balaban J connectivity index is 2.13. The first-order valence-electron chi connectivity index (χ1n) is 5.25. The number of para-hydroxylation sites is 1. The van der Waals surface area contributed by atoms with Gasteiger partial charge in [0.25, 0.3) is 0 Å². The number of hydrogen-bond acceptors (Lipinski definition) is 4. The van der Waals surface area contributed by atoms with Crippen molar-refractivity contribution in [2.24, 2.45) is 5.92 Å². The molecule has 18 heavy (non-hydrogen) atoms. The number of sulfone groups is 1. The topological polar surface area (TPSA) is 60.4 Å². The summed E-state index contributed by atoms with van der Waals surface area (Å²) in [5, 5.41) is 0.438. The molecule has 1 atom stereocenters. The molecule has 0 spiro atoms. The van der Waals surface area contributed by atoms with Crippen molar-refractivity contribution < 1.29 is 17.9 Å². The molecule has 4 nitrogen and oxygen atoms in total. The summed E-state index contributed by atoms with van der Waals surface area (Å²) in [5.74, 6) is -1.32. The van der Waals surface area contributed by atoms with Crippen LogP contribution in [0.25, 0.3) is 0 Å². The smallest absolute Gasteiger partial charge is 0.315 e. The van der Waals surface area contributed by atoms with E-state index in [2.05, 4.69) is 0 Å².